The fourth-order valence-corrected chi connectivity index (χ4v) is 2.06. The Bertz CT molecular complexity index is 650. The number of carbonyl (C=O) groups excluding carboxylic acids is 1. The Balaban J connectivity index is 2.24. The summed E-state index contributed by atoms with van der Waals surface area (Å²) in [4.78, 5) is 11.9. The van der Waals surface area contributed by atoms with Gasteiger partial charge in [0, 0.05) is 16.1 Å². The number of rotatable bonds is 3. The zero-order valence-corrected chi connectivity index (χ0v) is 11.3. The van der Waals surface area contributed by atoms with Gasteiger partial charge in [0.2, 0.25) is 0 Å². The summed E-state index contributed by atoms with van der Waals surface area (Å²) < 4.78 is 13.4. The Morgan fingerprint density at radius 1 is 1.11 bits per heavy atom. The zero-order chi connectivity index (χ0) is 13.8. The van der Waals surface area contributed by atoms with Crippen molar-refractivity contribution in [1.82, 2.24) is 0 Å². The number of hydrogen-bond acceptors (Lipinski definition) is 1. The van der Waals surface area contributed by atoms with Crippen molar-refractivity contribution >= 4 is 35.1 Å². The van der Waals surface area contributed by atoms with E-state index in [9.17, 15) is 9.18 Å². The molecule has 0 radical (unpaired) electrons. The summed E-state index contributed by atoms with van der Waals surface area (Å²) in [7, 11) is 0. The molecule has 0 saturated heterocycles. The zero-order valence-electron chi connectivity index (χ0n) is 9.74. The molecule has 0 unspecified atom stereocenters. The highest BCUT2D eigenvalue weighted by atomic mass is 35.5. The van der Waals surface area contributed by atoms with Crippen molar-refractivity contribution in [3.63, 3.8) is 0 Å². The van der Waals surface area contributed by atoms with E-state index in [1.807, 2.05) is 0 Å². The van der Waals surface area contributed by atoms with Crippen LogP contribution in [0.15, 0.2) is 48.5 Å². The molecular formula is C15H9Cl2FO. The Morgan fingerprint density at radius 2 is 1.84 bits per heavy atom. The Hall–Kier alpha value is -1.64. The Labute approximate surface area is 120 Å². The van der Waals surface area contributed by atoms with Gasteiger partial charge in [-0.1, -0.05) is 41.4 Å². The maximum atomic E-state index is 13.4. The molecule has 0 heterocycles. The first kappa shape index (κ1) is 13.8. The smallest absolute Gasteiger partial charge is 0.187 e. The lowest BCUT2D eigenvalue weighted by molar-refractivity contribution is 0.104. The lowest BCUT2D eigenvalue weighted by Gasteiger charge is -2.00. The lowest BCUT2D eigenvalue weighted by atomic mass is 10.1. The second-order valence-corrected chi connectivity index (χ2v) is 4.69. The molecule has 0 aromatic heterocycles. The van der Waals surface area contributed by atoms with Gasteiger partial charge in [-0.25, -0.2) is 4.39 Å². The molecular weight excluding hydrogens is 286 g/mol. The summed E-state index contributed by atoms with van der Waals surface area (Å²) in [6.07, 6.45) is 2.70. The van der Waals surface area contributed by atoms with E-state index in [1.165, 1.54) is 24.3 Å². The van der Waals surface area contributed by atoms with Crippen LogP contribution in [-0.2, 0) is 0 Å². The molecule has 0 aliphatic carbocycles. The summed E-state index contributed by atoms with van der Waals surface area (Å²) in [6.45, 7) is 0. The summed E-state index contributed by atoms with van der Waals surface area (Å²) in [6, 6.07) is 10.8. The minimum Gasteiger partial charge on any atom is -0.289 e. The third-order valence-corrected chi connectivity index (χ3v) is 3.06. The highest BCUT2D eigenvalue weighted by Gasteiger charge is 2.08. The van der Waals surface area contributed by atoms with Gasteiger partial charge in [-0.2, -0.15) is 0 Å². The summed E-state index contributed by atoms with van der Waals surface area (Å²) >= 11 is 11.7. The number of halogens is 3. The van der Waals surface area contributed by atoms with Crippen LogP contribution >= 0.6 is 23.2 Å². The van der Waals surface area contributed by atoms with E-state index in [1.54, 1.807) is 30.3 Å². The molecule has 0 saturated carbocycles. The minimum atomic E-state index is -0.381. The first-order chi connectivity index (χ1) is 9.08. The van der Waals surface area contributed by atoms with E-state index in [2.05, 4.69) is 0 Å². The maximum absolute atomic E-state index is 13.4. The van der Waals surface area contributed by atoms with Crippen LogP contribution in [0.5, 0.6) is 0 Å². The van der Waals surface area contributed by atoms with Gasteiger partial charge in [-0.05, 0) is 36.4 Å². The molecule has 4 heteroatoms. The minimum absolute atomic E-state index is 0.274. The molecule has 0 aliphatic rings. The van der Waals surface area contributed by atoms with Crippen LogP contribution < -0.4 is 0 Å². The van der Waals surface area contributed by atoms with Gasteiger partial charge in [-0.15, -0.1) is 0 Å². The van der Waals surface area contributed by atoms with Crippen LogP contribution in [0.1, 0.15) is 15.9 Å². The predicted molar refractivity (Wildman–Crippen MR) is 76.2 cm³/mol. The number of ketones is 1. The average Bonchev–Trinajstić information content (AvgIpc) is 2.37. The summed E-state index contributed by atoms with van der Waals surface area (Å²) in [5.41, 5.74) is 0.680. The van der Waals surface area contributed by atoms with Crippen molar-refractivity contribution in [2.75, 3.05) is 0 Å². The van der Waals surface area contributed by atoms with Crippen molar-refractivity contribution in [3.8, 4) is 0 Å². The number of hydrogen-bond donors (Lipinski definition) is 0. The van der Waals surface area contributed by atoms with E-state index in [0.29, 0.717) is 16.1 Å². The quantitative estimate of drug-likeness (QED) is 0.573. The first-order valence-corrected chi connectivity index (χ1v) is 6.25. The van der Waals surface area contributed by atoms with Crippen molar-refractivity contribution in [3.05, 3.63) is 75.5 Å². The summed E-state index contributed by atoms with van der Waals surface area (Å²) in [5, 5.41) is 0.732. The van der Waals surface area contributed by atoms with Gasteiger partial charge >= 0.3 is 0 Å². The fourth-order valence-electron chi connectivity index (χ4n) is 1.55. The second kappa shape index (κ2) is 6.00. The molecule has 0 bridgehead atoms. The predicted octanol–water partition coefficient (Wildman–Crippen LogP) is 5.03. The van der Waals surface area contributed by atoms with Gasteiger partial charge in [0.15, 0.2) is 5.78 Å². The SMILES string of the molecule is O=C(/C=C/c1ccccc1F)c1ccc(Cl)cc1Cl. The van der Waals surface area contributed by atoms with Gasteiger partial charge < -0.3 is 0 Å². The fraction of sp³-hybridized carbons (Fsp3) is 0. The molecule has 2 aromatic carbocycles. The molecule has 2 aromatic rings. The molecule has 96 valence electrons. The van der Waals surface area contributed by atoms with E-state index >= 15 is 0 Å². The third kappa shape index (κ3) is 3.43. The van der Waals surface area contributed by atoms with Gasteiger partial charge in [-0.3, -0.25) is 4.79 Å². The molecule has 0 fully saturated rings. The molecule has 1 nitrogen and oxygen atoms in total. The largest absolute Gasteiger partial charge is 0.289 e. The highest BCUT2D eigenvalue weighted by molar-refractivity contribution is 6.37. The van der Waals surface area contributed by atoms with E-state index in [-0.39, 0.29) is 16.6 Å². The monoisotopic (exact) mass is 294 g/mol. The van der Waals surface area contributed by atoms with Crippen molar-refractivity contribution in [2.24, 2.45) is 0 Å². The summed E-state index contributed by atoms with van der Waals surface area (Å²) in [5.74, 6) is -0.682. The standard InChI is InChI=1S/C15H9Cl2FO/c16-11-6-7-12(13(17)9-11)15(19)8-5-10-3-1-2-4-14(10)18/h1-9H/b8-5+. The lowest BCUT2D eigenvalue weighted by Crippen LogP contribution is -1.95. The van der Waals surface area contributed by atoms with Crippen LogP contribution in [0.4, 0.5) is 4.39 Å². The normalized spacial score (nSPS) is 10.9. The van der Waals surface area contributed by atoms with Crippen molar-refractivity contribution in [2.45, 2.75) is 0 Å². The van der Waals surface area contributed by atoms with Crippen LogP contribution in [0.3, 0.4) is 0 Å². The maximum Gasteiger partial charge on any atom is 0.187 e. The molecule has 0 atom stereocenters. The first-order valence-electron chi connectivity index (χ1n) is 5.50. The van der Waals surface area contributed by atoms with Crippen LogP contribution in [0.25, 0.3) is 6.08 Å². The van der Waals surface area contributed by atoms with Crippen molar-refractivity contribution < 1.29 is 9.18 Å². The van der Waals surface area contributed by atoms with Crippen LogP contribution in [0.2, 0.25) is 10.0 Å². The molecule has 0 N–H and O–H groups in total. The molecule has 2 rings (SSSR count). The Morgan fingerprint density at radius 3 is 2.53 bits per heavy atom. The van der Waals surface area contributed by atoms with Gasteiger partial charge in [0.25, 0.3) is 0 Å². The second-order valence-electron chi connectivity index (χ2n) is 3.84. The number of benzene rings is 2. The molecule has 0 spiro atoms. The molecule has 0 aliphatic heterocycles. The van der Waals surface area contributed by atoms with E-state index in [4.69, 9.17) is 23.2 Å². The van der Waals surface area contributed by atoms with Gasteiger partial charge in [0.05, 0.1) is 5.02 Å². The average molecular weight is 295 g/mol. The third-order valence-electron chi connectivity index (χ3n) is 2.52. The number of carbonyl (C=O) groups is 1. The topological polar surface area (TPSA) is 17.1 Å². The molecule has 19 heavy (non-hydrogen) atoms. The van der Waals surface area contributed by atoms with Crippen LogP contribution in [0, 0.1) is 5.82 Å². The number of allylic oxidation sites excluding steroid dienone is 1. The Kier molecular flexibility index (Phi) is 4.35. The van der Waals surface area contributed by atoms with Crippen molar-refractivity contribution in [1.29, 1.82) is 0 Å². The van der Waals surface area contributed by atoms with E-state index < -0.39 is 0 Å². The van der Waals surface area contributed by atoms with Gasteiger partial charge in [0.1, 0.15) is 5.82 Å². The highest BCUT2D eigenvalue weighted by Crippen LogP contribution is 2.22. The van der Waals surface area contributed by atoms with Crippen LogP contribution in [-0.4, -0.2) is 5.78 Å². The molecule has 0 amide bonds. The van der Waals surface area contributed by atoms with E-state index in [0.717, 1.165) is 0 Å².